The molecule has 2 rings (SSSR count). The number of benzene rings is 1. The van der Waals surface area contributed by atoms with Crippen molar-refractivity contribution in [3.63, 3.8) is 0 Å². The highest BCUT2D eigenvalue weighted by Crippen LogP contribution is 2.21. The van der Waals surface area contributed by atoms with Crippen LogP contribution in [0.1, 0.15) is 12.0 Å². The van der Waals surface area contributed by atoms with Crippen LogP contribution >= 0.6 is 0 Å². The molecule has 0 spiro atoms. The third kappa shape index (κ3) is 3.52. The van der Waals surface area contributed by atoms with E-state index < -0.39 is 12.0 Å². The van der Waals surface area contributed by atoms with Gasteiger partial charge in [-0.2, -0.15) is 0 Å². The molecule has 1 aliphatic rings. The first-order chi connectivity index (χ1) is 10.0. The van der Waals surface area contributed by atoms with Crippen LogP contribution < -0.4 is 4.90 Å². The molecule has 21 heavy (non-hydrogen) atoms. The summed E-state index contributed by atoms with van der Waals surface area (Å²) in [5, 5.41) is 8.96. The molecule has 2 amide bonds. The first kappa shape index (κ1) is 15.3. The number of para-hydroxylation sites is 1. The van der Waals surface area contributed by atoms with Gasteiger partial charge in [-0.25, -0.2) is 4.79 Å². The van der Waals surface area contributed by atoms with Crippen molar-refractivity contribution >= 4 is 17.7 Å². The van der Waals surface area contributed by atoms with Gasteiger partial charge in [0.2, 0.25) is 0 Å². The first-order valence-electron chi connectivity index (χ1n) is 6.90. The second-order valence-electron chi connectivity index (χ2n) is 5.15. The summed E-state index contributed by atoms with van der Waals surface area (Å²) in [4.78, 5) is 26.7. The van der Waals surface area contributed by atoms with Crippen molar-refractivity contribution in [2.24, 2.45) is 0 Å². The predicted octanol–water partition coefficient (Wildman–Crippen LogP) is 1.73. The molecular formula is C15H20N2O4. The Morgan fingerprint density at radius 1 is 1.43 bits per heavy atom. The Balaban J connectivity index is 2.16. The molecule has 1 aromatic carbocycles. The summed E-state index contributed by atoms with van der Waals surface area (Å²) in [7, 11) is 1.71. The highest BCUT2D eigenvalue weighted by molar-refractivity contribution is 5.92. The Morgan fingerprint density at radius 3 is 2.81 bits per heavy atom. The van der Waals surface area contributed by atoms with Gasteiger partial charge in [0.15, 0.2) is 0 Å². The molecule has 1 N–H and O–H groups in total. The topological polar surface area (TPSA) is 70.1 Å². The SMILES string of the molecule is Cc1ccccc1N(C)C(=O)N1CCOCC1CC(=O)O. The molecule has 1 atom stereocenters. The molecule has 0 radical (unpaired) electrons. The molecule has 0 aromatic heterocycles. The number of hydrogen-bond acceptors (Lipinski definition) is 3. The number of amides is 2. The maximum Gasteiger partial charge on any atom is 0.324 e. The second-order valence-corrected chi connectivity index (χ2v) is 5.15. The Kier molecular flexibility index (Phi) is 4.80. The molecule has 1 unspecified atom stereocenters. The number of anilines is 1. The molecule has 0 saturated carbocycles. The number of aliphatic carboxylic acids is 1. The number of nitrogens with zero attached hydrogens (tertiary/aromatic N) is 2. The first-order valence-corrected chi connectivity index (χ1v) is 6.90. The number of aryl methyl sites for hydroxylation is 1. The van der Waals surface area contributed by atoms with Gasteiger partial charge in [-0.05, 0) is 18.6 Å². The summed E-state index contributed by atoms with van der Waals surface area (Å²) < 4.78 is 5.30. The smallest absolute Gasteiger partial charge is 0.324 e. The van der Waals surface area contributed by atoms with E-state index in [9.17, 15) is 9.59 Å². The zero-order valence-corrected chi connectivity index (χ0v) is 12.3. The Labute approximate surface area is 123 Å². The summed E-state index contributed by atoms with van der Waals surface area (Å²) in [6.07, 6.45) is -0.104. The lowest BCUT2D eigenvalue weighted by molar-refractivity contribution is -0.139. The van der Waals surface area contributed by atoms with Crippen molar-refractivity contribution in [2.45, 2.75) is 19.4 Å². The largest absolute Gasteiger partial charge is 0.481 e. The van der Waals surface area contributed by atoms with Crippen LogP contribution in [0, 0.1) is 6.92 Å². The molecule has 0 bridgehead atoms. The summed E-state index contributed by atoms with van der Waals surface area (Å²) in [6.45, 7) is 3.04. The van der Waals surface area contributed by atoms with Gasteiger partial charge in [0.1, 0.15) is 0 Å². The standard InChI is InChI=1S/C15H20N2O4/c1-11-5-3-4-6-13(11)16(2)15(20)17-7-8-21-10-12(17)9-14(18)19/h3-6,12H,7-10H2,1-2H3,(H,18,19). The minimum Gasteiger partial charge on any atom is -0.481 e. The number of carboxylic acids is 1. The van der Waals surface area contributed by atoms with Crippen LogP contribution in [0.2, 0.25) is 0 Å². The van der Waals surface area contributed by atoms with E-state index in [0.29, 0.717) is 13.2 Å². The fraction of sp³-hybridized carbons (Fsp3) is 0.467. The van der Waals surface area contributed by atoms with E-state index in [1.165, 1.54) is 0 Å². The number of carbonyl (C=O) groups excluding carboxylic acids is 1. The molecule has 1 fully saturated rings. The van der Waals surface area contributed by atoms with Crippen molar-refractivity contribution in [2.75, 3.05) is 31.7 Å². The number of carbonyl (C=O) groups is 2. The zero-order chi connectivity index (χ0) is 15.4. The number of ether oxygens (including phenoxy) is 1. The number of carboxylic acid groups (broad SMARTS) is 1. The Morgan fingerprint density at radius 2 is 2.14 bits per heavy atom. The number of hydrogen-bond donors (Lipinski definition) is 1. The van der Waals surface area contributed by atoms with Gasteiger partial charge in [-0.1, -0.05) is 18.2 Å². The fourth-order valence-electron chi connectivity index (χ4n) is 2.51. The fourth-order valence-corrected chi connectivity index (χ4v) is 2.51. The number of morpholine rings is 1. The average molecular weight is 292 g/mol. The van der Waals surface area contributed by atoms with Crippen LogP contribution in [-0.2, 0) is 9.53 Å². The van der Waals surface area contributed by atoms with Gasteiger partial charge in [-0.3, -0.25) is 9.69 Å². The van der Waals surface area contributed by atoms with E-state index in [0.717, 1.165) is 11.3 Å². The van der Waals surface area contributed by atoms with Gasteiger partial charge < -0.3 is 14.7 Å². The minimum atomic E-state index is -0.929. The number of rotatable bonds is 3. The van der Waals surface area contributed by atoms with Crippen LogP contribution in [0.5, 0.6) is 0 Å². The molecular weight excluding hydrogens is 272 g/mol. The van der Waals surface area contributed by atoms with Crippen LogP contribution in [0.25, 0.3) is 0 Å². The molecule has 1 aromatic rings. The monoisotopic (exact) mass is 292 g/mol. The quantitative estimate of drug-likeness (QED) is 0.921. The molecule has 1 saturated heterocycles. The second kappa shape index (κ2) is 6.58. The highest BCUT2D eigenvalue weighted by atomic mass is 16.5. The van der Waals surface area contributed by atoms with Gasteiger partial charge in [-0.15, -0.1) is 0 Å². The molecule has 1 aliphatic heterocycles. The third-order valence-electron chi connectivity index (χ3n) is 3.65. The maximum atomic E-state index is 12.6. The third-order valence-corrected chi connectivity index (χ3v) is 3.65. The van der Waals surface area contributed by atoms with Crippen LogP contribution in [0.15, 0.2) is 24.3 Å². The van der Waals surface area contributed by atoms with E-state index in [2.05, 4.69) is 0 Å². The molecule has 6 nitrogen and oxygen atoms in total. The maximum absolute atomic E-state index is 12.6. The summed E-state index contributed by atoms with van der Waals surface area (Å²) in [5.41, 5.74) is 1.82. The van der Waals surface area contributed by atoms with Crippen molar-refractivity contribution in [3.8, 4) is 0 Å². The van der Waals surface area contributed by atoms with E-state index in [4.69, 9.17) is 9.84 Å². The predicted molar refractivity (Wildman–Crippen MR) is 78.5 cm³/mol. The zero-order valence-electron chi connectivity index (χ0n) is 12.3. The molecule has 0 aliphatic carbocycles. The lowest BCUT2D eigenvalue weighted by Gasteiger charge is -2.37. The van der Waals surface area contributed by atoms with Crippen molar-refractivity contribution in [1.29, 1.82) is 0 Å². The van der Waals surface area contributed by atoms with Crippen LogP contribution in [-0.4, -0.2) is 54.9 Å². The summed E-state index contributed by atoms with van der Waals surface area (Å²) in [6, 6.07) is 6.99. The van der Waals surface area contributed by atoms with Gasteiger partial charge in [0.05, 0.1) is 25.7 Å². The Bertz CT molecular complexity index is 532. The van der Waals surface area contributed by atoms with Gasteiger partial charge >= 0.3 is 12.0 Å². The highest BCUT2D eigenvalue weighted by Gasteiger charge is 2.31. The van der Waals surface area contributed by atoms with Crippen LogP contribution in [0.4, 0.5) is 10.5 Å². The van der Waals surface area contributed by atoms with Crippen molar-refractivity contribution < 1.29 is 19.4 Å². The lowest BCUT2D eigenvalue weighted by Crippen LogP contribution is -2.53. The Hall–Kier alpha value is -2.08. The summed E-state index contributed by atoms with van der Waals surface area (Å²) >= 11 is 0. The van der Waals surface area contributed by atoms with E-state index in [-0.39, 0.29) is 19.1 Å². The van der Waals surface area contributed by atoms with E-state index >= 15 is 0 Å². The van der Waals surface area contributed by atoms with Gasteiger partial charge in [0.25, 0.3) is 0 Å². The van der Waals surface area contributed by atoms with E-state index in [1.807, 2.05) is 31.2 Å². The number of urea groups is 1. The van der Waals surface area contributed by atoms with Crippen molar-refractivity contribution in [1.82, 2.24) is 4.90 Å². The molecule has 1 heterocycles. The molecule has 6 heteroatoms. The van der Waals surface area contributed by atoms with E-state index in [1.54, 1.807) is 16.8 Å². The van der Waals surface area contributed by atoms with Crippen LogP contribution in [0.3, 0.4) is 0 Å². The van der Waals surface area contributed by atoms with Gasteiger partial charge in [0, 0.05) is 19.3 Å². The minimum absolute atomic E-state index is 0.104. The van der Waals surface area contributed by atoms with Crippen molar-refractivity contribution in [3.05, 3.63) is 29.8 Å². The normalized spacial score (nSPS) is 18.4. The summed E-state index contributed by atoms with van der Waals surface area (Å²) in [5.74, 6) is -0.929. The average Bonchev–Trinajstić information content (AvgIpc) is 2.46. The lowest BCUT2D eigenvalue weighted by atomic mass is 10.1. The molecule has 114 valence electrons.